The molecule has 0 bridgehead atoms. The Hall–Kier alpha value is -3.25. The van der Waals surface area contributed by atoms with Crippen molar-refractivity contribution in [2.24, 2.45) is 0 Å². The highest BCUT2D eigenvalue weighted by Gasteiger charge is 2.45. The summed E-state index contributed by atoms with van der Waals surface area (Å²) in [4.78, 5) is 34.0. The first-order chi connectivity index (χ1) is 16.5. The number of amides is 1. The lowest BCUT2D eigenvalue weighted by Gasteiger charge is -2.31. The number of nitrogens with one attached hydrogen (secondary N) is 1. The van der Waals surface area contributed by atoms with Crippen molar-refractivity contribution in [3.63, 3.8) is 0 Å². The summed E-state index contributed by atoms with van der Waals surface area (Å²) in [6.45, 7) is 4.47. The molecule has 5 rings (SSSR count). The van der Waals surface area contributed by atoms with Gasteiger partial charge in [-0.25, -0.2) is 9.97 Å². The predicted octanol–water partition coefficient (Wildman–Crippen LogP) is 1.63. The van der Waals surface area contributed by atoms with Crippen molar-refractivity contribution in [2.75, 3.05) is 49.6 Å². The highest BCUT2D eigenvalue weighted by molar-refractivity contribution is 7.18. The molecule has 1 amide bonds. The van der Waals surface area contributed by atoms with Gasteiger partial charge in [-0.1, -0.05) is 6.92 Å². The summed E-state index contributed by atoms with van der Waals surface area (Å²) in [5.74, 6) is 1.62. The van der Waals surface area contributed by atoms with Crippen LogP contribution in [0, 0.1) is 0 Å². The molecular weight excluding hydrogens is 456 g/mol. The maximum atomic E-state index is 13.0. The van der Waals surface area contributed by atoms with E-state index in [1.54, 1.807) is 22.6 Å². The third-order valence-corrected chi connectivity index (χ3v) is 7.31. The summed E-state index contributed by atoms with van der Waals surface area (Å²) in [5.41, 5.74) is 11.7. The van der Waals surface area contributed by atoms with Crippen molar-refractivity contribution in [1.82, 2.24) is 24.8 Å². The van der Waals surface area contributed by atoms with Gasteiger partial charge >= 0.3 is 0 Å². The minimum absolute atomic E-state index is 0.0569. The summed E-state index contributed by atoms with van der Waals surface area (Å²) in [5, 5.41) is 4.39. The minimum atomic E-state index is -0.730. The van der Waals surface area contributed by atoms with Crippen LogP contribution < -0.4 is 21.5 Å². The Labute approximate surface area is 200 Å². The highest BCUT2D eigenvalue weighted by atomic mass is 32.1. The molecule has 1 saturated heterocycles. The van der Waals surface area contributed by atoms with Crippen LogP contribution in [0.25, 0.3) is 10.2 Å². The number of hydrogen-bond acceptors (Lipinski definition) is 11. The first-order valence-corrected chi connectivity index (χ1v) is 12.2. The fourth-order valence-corrected chi connectivity index (χ4v) is 5.36. The Balaban J connectivity index is 1.18. The molecule has 5 N–H and O–H groups in total. The molecule has 1 atom stereocenters. The van der Waals surface area contributed by atoms with Crippen molar-refractivity contribution >= 4 is 45.0 Å². The normalized spacial score (nSPS) is 19.7. The quantitative estimate of drug-likeness (QED) is 0.440. The molecule has 2 aliphatic heterocycles. The largest absolute Gasteiger partial charge is 0.466 e. The molecule has 3 aromatic rings. The number of ether oxygens (including phenoxy) is 2. The lowest BCUT2D eigenvalue weighted by atomic mass is 9.97. The van der Waals surface area contributed by atoms with Gasteiger partial charge in [0.05, 0.1) is 30.7 Å². The van der Waals surface area contributed by atoms with Crippen LogP contribution in [0.1, 0.15) is 30.2 Å². The summed E-state index contributed by atoms with van der Waals surface area (Å²) in [6.07, 6.45) is 4.10. The van der Waals surface area contributed by atoms with Gasteiger partial charge in [0.15, 0.2) is 5.60 Å². The molecule has 2 aliphatic rings. The Kier molecular flexibility index (Phi) is 6.09. The molecule has 0 saturated carbocycles. The second kappa shape index (κ2) is 9.18. The minimum Gasteiger partial charge on any atom is -0.466 e. The number of nitrogens with zero attached hydrogens (tertiary/aromatic N) is 5. The van der Waals surface area contributed by atoms with E-state index in [0.29, 0.717) is 69.4 Å². The van der Waals surface area contributed by atoms with Gasteiger partial charge in [0.2, 0.25) is 17.7 Å². The SMILES string of the molecule is CCc1cc2c(NCCCC(=O)N3CCOC[C@]4(Cc5c(N)nc(N)nc5O4)C3)ncnc2s1. The van der Waals surface area contributed by atoms with E-state index in [4.69, 9.17) is 20.9 Å². The number of carbonyl (C=O) groups excluding carboxylic acids is 1. The van der Waals surface area contributed by atoms with Crippen LogP contribution in [0.3, 0.4) is 0 Å². The average molecular weight is 485 g/mol. The number of thiophene rings is 1. The smallest absolute Gasteiger partial charge is 0.225 e. The van der Waals surface area contributed by atoms with E-state index in [1.807, 2.05) is 0 Å². The first kappa shape index (κ1) is 22.5. The van der Waals surface area contributed by atoms with Gasteiger partial charge in [-0.3, -0.25) is 4.79 Å². The van der Waals surface area contributed by atoms with E-state index in [1.165, 1.54) is 4.88 Å². The number of hydrogen-bond donors (Lipinski definition) is 3. The van der Waals surface area contributed by atoms with Gasteiger partial charge in [-0.2, -0.15) is 9.97 Å². The van der Waals surface area contributed by atoms with Gasteiger partial charge < -0.3 is 31.2 Å². The number of aromatic nitrogens is 4. The van der Waals surface area contributed by atoms with E-state index in [2.05, 4.69) is 38.2 Å². The van der Waals surface area contributed by atoms with Crippen molar-refractivity contribution in [3.05, 3.63) is 22.8 Å². The topological polar surface area (TPSA) is 154 Å². The van der Waals surface area contributed by atoms with Crippen LogP contribution in [0.5, 0.6) is 5.88 Å². The Bertz CT molecular complexity index is 1220. The molecule has 0 unspecified atom stereocenters. The van der Waals surface area contributed by atoms with Gasteiger partial charge in [0, 0.05) is 30.8 Å². The molecule has 11 nitrogen and oxygen atoms in total. The number of nitrogen functional groups attached to an aromatic ring is 2. The van der Waals surface area contributed by atoms with Crippen molar-refractivity contribution in [2.45, 2.75) is 38.2 Å². The number of fused-ring (bicyclic) bond motifs is 2. The standard InChI is InChI=1S/C22H28N8O3S/c1-2-13-8-14-18(26-12-27-20(14)34-13)25-5-3-4-16(31)30-6-7-32-11-22(10-30)9-15-17(23)28-21(24)29-19(15)33-22/h8,12H,2-7,9-11H2,1H3,(H,25,26,27)(H4,23,24,28,29)/t22-/m0/s1. The van der Waals surface area contributed by atoms with Gasteiger partial charge in [0.25, 0.3) is 0 Å². The first-order valence-electron chi connectivity index (χ1n) is 11.4. The van der Waals surface area contributed by atoms with Gasteiger partial charge in [-0.05, 0) is 18.9 Å². The van der Waals surface area contributed by atoms with Crippen molar-refractivity contribution in [1.29, 1.82) is 0 Å². The molecule has 5 heterocycles. The van der Waals surface area contributed by atoms with Gasteiger partial charge in [0.1, 0.15) is 22.8 Å². The highest BCUT2D eigenvalue weighted by Crippen LogP contribution is 2.38. The molecule has 1 spiro atoms. The van der Waals surface area contributed by atoms with Crippen LogP contribution in [-0.4, -0.2) is 69.2 Å². The number of nitrogens with two attached hydrogens (primary N) is 2. The van der Waals surface area contributed by atoms with E-state index in [9.17, 15) is 4.79 Å². The van der Waals surface area contributed by atoms with Gasteiger partial charge in [-0.15, -0.1) is 11.3 Å². The maximum Gasteiger partial charge on any atom is 0.225 e. The lowest BCUT2D eigenvalue weighted by Crippen LogP contribution is -2.49. The second-order valence-corrected chi connectivity index (χ2v) is 9.73. The van der Waals surface area contributed by atoms with E-state index >= 15 is 0 Å². The van der Waals surface area contributed by atoms with Crippen LogP contribution in [0.4, 0.5) is 17.6 Å². The zero-order valence-electron chi connectivity index (χ0n) is 19.0. The third kappa shape index (κ3) is 4.42. The molecular formula is C22H28N8O3S. The predicted molar refractivity (Wildman–Crippen MR) is 130 cm³/mol. The van der Waals surface area contributed by atoms with E-state index in [0.717, 1.165) is 22.5 Å². The summed E-state index contributed by atoms with van der Waals surface area (Å²) in [6, 6.07) is 2.13. The maximum absolute atomic E-state index is 13.0. The monoisotopic (exact) mass is 484 g/mol. The fourth-order valence-electron chi connectivity index (χ4n) is 4.42. The van der Waals surface area contributed by atoms with Crippen LogP contribution in [-0.2, 0) is 22.4 Å². The number of carbonyl (C=O) groups is 1. The van der Waals surface area contributed by atoms with Crippen molar-refractivity contribution < 1.29 is 14.3 Å². The molecule has 0 aliphatic carbocycles. The Morgan fingerprint density at radius 2 is 2.21 bits per heavy atom. The summed E-state index contributed by atoms with van der Waals surface area (Å²) < 4.78 is 11.9. The summed E-state index contributed by atoms with van der Waals surface area (Å²) >= 11 is 1.68. The summed E-state index contributed by atoms with van der Waals surface area (Å²) in [7, 11) is 0. The zero-order valence-corrected chi connectivity index (χ0v) is 19.9. The molecule has 34 heavy (non-hydrogen) atoms. The van der Waals surface area contributed by atoms with Crippen molar-refractivity contribution in [3.8, 4) is 5.88 Å². The van der Waals surface area contributed by atoms with Crippen LogP contribution in [0.15, 0.2) is 12.4 Å². The lowest BCUT2D eigenvalue weighted by molar-refractivity contribution is -0.133. The molecule has 0 aromatic carbocycles. The number of anilines is 3. The third-order valence-electron chi connectivity index (χ3n) is 6.12. The Morgan fingerprint density at radius 3 is 3.06 bits per heavy atom. The zero-order chi connectivity index (χ0) is 23.7. The van der Waals surface area contributed by atoms with E-state index in [-0.39, 0.29) is 11.9 Å². The Morgan fingerprint density at radius 1 is 1.32 bits per heavy atom. The molecule has 1 fully saturated rings. The van der Waals surface area contributed by atoms with Crippen LogP contribution in [0.2, 0.25) is 0 Å². The molecule has 180 valence electrons. The number of rotatable bonds is 6. The molecule has 3 aromatic heterocycles. The van der Waals surface area contributed by atoms with E-state index < -0.39 is 5.60 Å². The number of aryl methyl sites for hydroxylation is 1. The molecule has 0 radical (unpaired) electrons. The molecule has 12 heteroatoms. The van der Waals surface area contributed by atoms with Crippen LogP contribution >= 0.6 is 11.3 Å². The fraction of sp³-hybridized carbons (Fsp3) is 0.500. The second-order valence-electron chi connectivity index (χ2n) is 8.62. The average Bonchev–Trinajstić information content (AvgIpc) is 3.33.